The van der Waals surface area contributed by atoms with Gasteiger partial charge in [-0.3, -0.25) is 0 Å². The summed E-state index contributed by atoms with van der Waals surface area (Å²) in [7, 11) is 1.56. The molecule has 0 aliphatic heterocycles. The summed E-state index contributed by atoms with van der Waals surface area (Å²) in [4.78, 5) is 0. The van der Waals surface area contributed by atoms with Crippen LogP contribution in [-0.4, -0.2) is 20.3 Å². The molecule has 0 heterocycles. The van der Waals surface area contributed by atoms with Gasteiger partial charge >= 0.3 is 0 Å². The second kappa shape index (κ2) is 5.67. The zero-order chi connectivity index (χ0) is 10.4. The third-order valence-corrected chi connectivity index (χ3v) is 1.70. The lowest BCUT2D eigenvalue weighted by atomic mass is 10.2. The van der Waals surface area contributed by atoms with Gasteiger partial charge in [-0.2, -0.15) is 0 Å². The molecule has 0 saturated heterocycles. The van der Waals surface area contributed by atoms with E-state index in [1.54, 1.807) is 7.11 Å². The first-order chi connectivity index (χ1) is 6.74. The predicted octanol–water partition coefficient (Wildman–Crippen LogP) is 2.13. The van der Waals surface area contributed by atoms with Crippen LogP contribution in [0.25, 0.3) is 0 Å². The van der Waals surface area contributed by atoms with Gasteiger partial charge < -0.3 is 9.47 Å². The highest BCUT2D eigenvalue weighted by atomic mass is 19.1. The van der Waals surface area contributed by atoms with Gasteiger partial charge in [0.25, 0.3) is 0 Å². The molecule has 0 aliphatic carbocycles. The van der Waals surface area contributed by atoms with Gasteiger partial charge in [0.05, 0.1) is 19.8 Å². The van der Waals surface area contributed by atoms with Crippen LogP contribution in [0.1, 0.15) is 5.56 Å². The first kappa shape index (κ1) is 11.1. The number of ether oxygens (including phenoxy) is 2. The van der Waals surface area contributed by atoms with E-state index in [0.717, 1.165) is 6.07 Å². The Morgan fingerprint density at radius 2 is 2.00 bits per heavy atom. The number of halogens is 2. The summed E-state index contributed by atoms with van der Waals surface area (Å²) in [6.45, 7) is 0.992. The predicted molar refractivity (Wildman–Crippen MR) is 47.9 cm³/mol. The molecule has 1 aromatic rings. The molecule has 0 fully saturated rings. The van der Waals surface area contributed by atoms with E-state index in [9.17, 15) is 8.78 Å². The molecule has 0 bridgehead atoms. The van der Waals surface area contributed by atoms with Crippen LogP contribution in [0.3, 0.4) is 0 Å². The van der Waals surface area contributed by atoms with Gasteiger partial charge in [-0.05, 0) is 6.07 Å². The highest BCUT2D eigenvalue weighted by Gasteiger charge is 2.03. The van der Waals surface area contributed by atoms with E-state index < -0.39 is 11.6 Å². The smallest absolute Gasteiger partial charge is 0.131 e. The minimum atomic E-state index is -0.581. The minimum Gasteiger partial charge on any atom is -0.382 e. The Morgan fingerprint density at radius 3 is 2.64 bits per heavy atom. The van der Waals surface area contributed by atoms with Crippen molar-refractivity contribution < 1.29 is 18.3 Å². The molecule has 0 aliphatic rings. The normalized spacial score (nSPS) is 10.5. The molecule has 0 amide bonds. The van der Waals surface area contributed by atoms with Crippen LogP contribution in [0, 0.1) is 11.6 Å². The summed E-state index contributed by atoms with van der Waals surface area (Å²) in [5.41, 5.74) is 0.350. The lowest BCUT2D eigenvalue weighted by molar-refractivity contribution is 0.0604. The number of hydrogen-bond donors (Lipinski definition) is 0. The van der Waals surface area contributed by atoms with Crippen molar-refractivity contribution in [2.24, 2.45) is 0 Å². The molecular weight excluding hydrogens is 190 g/mol. The molecule has 14 heavy (non-hydrogen) atoms. The summed E-state index contributed by atoms with van der Waals surface area (Å²) in [6, 6.07) is 3.42. The first-order valence-corrected chi connectivity index (χ1v) is 4.24. The molecule has 78 valence electrons. The average molecular weight is 202 g/mol. The largest absolute Gasteiger partial charge is 0.382 e. The van der Waals surface area contributed by atoms with E-state index >= 15 is 0 Å². The third-order valence-electron chi connectivity index (χ3n) is 1.70. The molecule has 0 N–H and O–H groups in total. The van der Waals surface area contributed by atoms with E-state index in [0.29, 0.717) is 18.8 Å². The van der Waals surface area contributed by atoms with Crippen molar-refractivity contribution in [2.45, 2.75) is 6.61 Å². The van der Waals surface area contributed by atoms with Crippen LogP contribution in [0.15, 0.2) is 18.2 Å². The minimum absolute atomic E-state index is 0.134. The Hall–Kier alpha value is -1.00. The first-order valence-electron chi connectivity index (χ1n) is 4.24. The average Bonchev–Trinajstić information content (AvgIpc) is 2.15. The van der Waals surface area contributed by atoms with Crippen LogP contribution in [0.5, 0.6) is 0 Å². The van der Waals surface area contributed by atoms with Gasteiger partial charge in [0.2, 0.25) is 0 Å². The highest BCUT2D eigenvalue weighted by Crippen LogP contribution is 2.10. The van der Waals surface area contributed by atoms with Crippen LogP contribution >= 0.6 is 0 Å². The van der Waals surface area contributed by atoms with Crippen molar-refractivity contribution in [3.05, 3.63) is 35.4 Å². The van der Waals surface area contributed by atoms with E-state index in [-0.39, 0.29) is 6.61 Å². The van der Waals surface area contributed by atoms with Gasteiger partial charge in [0, 0.05) is 18.7 Å². The maximum absolute atomic E-state index is 13.0. The fourth-order valence-electron chi connectivity index (χ4n) is 0.963. The lowest BCUT2D eigenvalue weighted by Gasteiger charge is -2.04. The van der Waals surface area contributed by atoms with Gasteiger partial charge in [-0.1, -0.05) is 6.07 Å². The summed E-state index contributed by atoms with van der Waals surface area (Å²) in [6.07, 6.45) is 0. The van der Waals surface area contributed by atoms with E-state index in [4.69, 9.17) is 9.47 Å². The molecule has 4 heteroatoms. The van der Waals surface area contributed by atoms with Crippen molar-refractivity contribution in [3.63, 3.8) is 0 Å². The fourth-order valence-corrected chi connectivity index (χ4v) is 0.963. The van der Waals surface area contributed by atoms with Crippen molar-refractivity contribution >= 4 is 0 Å². The monoisotopic (exact) mass is 202 g/mol. The molecule has 2 nitrogen and oxygen atoms in total. The summed E-state index contributed by atoms with van der Waals surface area (Å²) in [5.74, 6) is -1.16. The molecule has 0 spiro atoms. The van der Waals surface area contributed by atoms with Gasteiger partial charge in [-0.25, -0.2) is 8.78 Å². The van der Waals surface area contributed by atoms with Crippen molar-refractivity contribution in [1.82, 2.24) is 0 Å². The summed E-state index contributed by atoms with van der Waals surface area (Å²) in [5, 5.41) is 0. The SMILES string of the molecule is COCCOCc1ccc(F)cc1F. The molecule has 1 rings (SSSR count). The van der Waals surface area contributed by atoms with E-state index in [1.165, 1.54) is 12.1 Å². The highest BCUT2D eigenvalue weighted by molar-refractivity contribution is 5.17. The Morgan fingerprint density at radius 1 is 1.21 bits per heavy atom. The van der Waals surface area contributed by atoms with Crippen LogP contribution in [0.2, 0.25) is 0 Å². The molecule has 0 saturated carbocycles. The maximum Gasteiger partial charge on any atom is 0.131 e. The Labute approximate surface area is 81.4 Å². The zero-order valence-corrected chi connectivity index (χ0v) is 7.93. The van der Waals surface area contributed by atoms with Gasteiger partial charge in [0.15, 0.2) is 0 Å². The molecule has 1 aromatic carbocycles. The quantitative estimate of drug-likeness (QED) is 0.681. The summed E-state index contributed by atoms with van der Waals surface area (Å²) < 4.78 is 35.3. The second-order valence-electron chi connectivity index (χ2n) is 2.78. The molecular formula is C10H12F2O2. The Balaban J connectivity index is 2.42. The van der Waals surface area contributed by atoms with Crippen LogP contribution in [-0.2, 0) is 16.1 Å². The molecule has 0 unspecified atom stereocenters. The van der Waals surface area contributed by atoms with Gasteiger partial charge in [0.1, 0.15) is 11.6 Å². The molecule has 0 aromatic heterocycles. The molecule has 0 atom stereocenters. The zero-order valence-electron chi connectivity index (χ0n) is 7.93. The maximum atomic E-state index is 13.0. The fraction of sp³-hybridized carbons (Fsp3) is 0.400. The van der Waals surface area contributed by atoms with Gasteiger partial charge in [-0.15, -0.1) is 0 Å². The molecule has 0 radical (unpaired) electrons. The standard InChI is InChI=1S/C10H12F2O2/c1-13-4-5-14-7-8-2-3-9(11)6-10(8)12/h2-3,6H,4-5,7H2,1H3. The number of hydrogen-bond acceptors (Lipinski definition) is 2. The Kier molecular flexibility index (Phi) is 4.49. The van der Waals surface area contributed by atoms with Crippen LogP contribution in [0.4, 0.5) is 8.78 Å². The summed E-state index contributed by atoms with van der Waals surface area (Å²) >= 11 is 0. The van der Waals surface area contributed by atoms with E-state index in [1.807, 2.05) is 0 Å². The van der Waals surface area contributed by atoms with Crippen molar-refractivity contribution in [2.75, 3.05) is 20.3 Å². The second-order valence-corrected chi connectivity index (χ2v) is 2.78. The van der Waals surface area contributed by atoms with Crippen molar-refractivity contribution in [3.8, 4) is 0 Å². The number of benzene rings is 1. The topological polar surface area (TPSA) is 18.5 Å². The Bertz CT molecular complexity index is 289. The van der Waals surface area contributed by atoms with Crippen molar-refractivity contribution in [1.29, 1.82) is 0 Å². The number of rotatable bonds is 5. The van der Waals surface area contributed by atoms with Crippen LogP contribution < -0.4 is 0 Å². The third kappa shape index (κ3) is 3.40. The lowest BCUT2D eigenvalue weighted by Crippen LogP contribution is -2.03. The van der Waals surface area contributed by atoms with E-state index in [2.05, 4.69) is 0 Å². The number of methoxy groups -OCH3 is 1.